The maximum Gasteiger partial charge on any atom is 0.193 e. The summed E-state index contributed by atoms with van der Waals surface area (Å²) in [5.41, 5.74) is 1.32. The Kier molecular flexibility index (Phi) is 9.27. The normalized spacial score (nSPS) is 19.6. The van der Waals surface area contributed by atoms with Gasteiger partial charge in [-0.25, -0.2) is 0 Å². The van der Waals surface area contributed by atoms with Crippen LogP contribution in [-0.4, -0.2) is 75.9 Å². The third-order valence-corrected chi connectivity index (χ3v) is 6.41. The average Bonchev–Trinajstić information content (AvgIpc) is 3.32. The molecule has 1 atom stereocenters. The van der Waals surface area contributed by atoms with Crippen LogP contribution in [0.25, 0.3) is 0 Å². The standard InChI is InChI=1S/C24H40N4O2/c1-4-25-24(27(2)16-11-20-12-17-30-18-13-20)26-19-23(28-14-5-6-15-28)21-7-9-22(29-3)10-8-21/h7-10,20,23H,4-6,11-19H2,1-3H3,(H,25,26). The summed E-state index contributed by atoms with van der Waals surface area (Å²) in [7, 11) is 3.88. The van der Waals surface area contributed by atoms with E-state index < -0.39 is 0 Å². The summed E-state index contributed by atoms with van der Waals surface area (Å²) in [5, 5.41) is 3.50. The van der Waals surface area contributed by atoms with Crippen molar-refractivity contribution in [2.75, 3.05) is 60.1 Å². The molecule has 2 aliphatic rings. The SMILES string of the molecule is CCNC(=NCC(c1ccc(OC)cc1)N1CCCC1)N(C)CCC1CCOCC1. The fraction of sp³-hybridized carbons (Fsp3) is 0.708. The van der Waals surface area contributed by atoms with Crippen LogP contribution in [0.1, 0.15) is 50.6 Å². The number of benzene rings is 1. The van der Waals surface area contributed by atoms with Gasteiger partial charge < -0.3 is 19.7 Å². The highest BCUT2D eigenvalue weighted by atomic mass is 16.5. The van der Waals surface area contributed by atoms with E-state index in [1.54, 1.807) is 7.11 Å². The second-order valence-corrected chi connectivity index (χ2v) is 8.49. The summed E-state index contributed by atoms with van der Waals surface area (Å²) in [4.78, 5) is 9.95. The molecule has 168 valence electrons. The number of guanidine groups is 1. The Labute approximate surface area is 182 Å². The van der Waals surface area contributed by atoms with Crippen LogP contribution in [0.5, 0.6) is 5.75 Å². The minimum atomic E-state index is 0.316. The molecule has 30 heavy (non-hydrogen) atoms. The first kappa shape index (κ1) is 22.9. The molecule has 2 saturated heterocycles. The molecule has 2 fully saturated rings. The van der Waals surface area contributed by atoms with Gasteiger partial charge in [0, 0.05) is 33.4 Å². The van der Waals surface area contributed by atoms with Gasteiger partial charge in [-0.05, 0) is 75.7 Å². The predicted octanol–water partition coefficient (Wildman–Crippen LogP) is 3.55. The van der Waals surface area contributed by atoms with E-state index in [4.69, 9.17) is 14.5 Å². The van der Waals surface area contributed by atoms with Crippen molar-refractivity contribution in [3.05, 3.63) is 29.8 Å². The van der Waals surface area contributed by atoms with Crippen LogP contribution in [0.2, 0.25) is 0 Å². The molecule has 1 aromatic rings. The van der Waals surface area contributed by atoms with E-state index in [0.717, 1.165) is 63.6 Å². The van der Waals surface area contributed by atoms with Crippen molar-refractivity contribution in [2.45, 2.75) is 45.1 Å². The molecule has 2 aliphatic heterocycles. The van der Waals surface area contributed by atoms with Gasteiger partial charge in [0.2, 0.25) is 0 Å². The lowest BCUT2D eigenvalue weighted by Crippen LogP contribution is -2.41. The first-order valence-corrected chi connectivity index (χ1v) is 11.7. The number of hydrogen-bond donors (Lipinski definition) is 1. The Balaban J connectivity index is 1.66. The monoisotopic (exact) mass is 416 g/mol. The van der Waals surface area contributed by atoms with Crippen molar-refractivity contribution < 1.29 is 9.47 Å². The van der Waals surface area contributed by atoms with E-state index in [1.165, 1.54) is 37.7 Å². The summed E-state index contributed by atoms with van der Waals surface area (Å²) in [6.45, 7) is 8.98. The quantitative estimate of drug-likeness (QED) is 0.493. The van der Waals surface area contributed by atoms with Crippen molar-refractivity contribution in [3.8, 4) is 5.75 Å². The number of ether oxygens (including phenoxy) is 2. The average molecular weight is 417 g/mol. The second kappa shape index (κ2) is 12.2. The number of rotatable bonds is 9. The third kappa shape index (κ3) is 6.61. The van der Waals surface area contributed by atoms with Crippen molar-refractivity contribution in [1.29, 1.82) is 0 Å². The zero-order valence-corrected chi connectivity index (χ0v) is 19.1. The molecule has 6 nitrogen and oxygen atoms in total. The highest BCUT2D eigenvalue weighted by molar-refractivity contribution is 5.79. The summed E-state index contributed by atoms with van der Waals surface area (Å²) in [5.74, 6) is 2.70. The van der Waals surface area contributed by atoms with E-state index in [1.807, 2.05) is 0 Å². The van der Waals surface area contributed by atoms with Crippen LogP contribution in [0.15, 0.2) is 29.3 Å². The van der Waals surface area contributed by atoms with Crippen LogP contribution in [0, 0.1) is 5.92 Å². The summed E-state index contributed by atoms with van der Waals surface area (Å²) >= 11 is 0. The van der Waals surface area contributed by atoms with Crippen LogP contribution in [-0.2, 0) is 4.74 Å². The minimum Gasteiger partial charge on any atom is -0.497 e. The van der Waals surface area contributed by atoms with E-state index in [9.17, 15) is 0 Å². The van der Waals surface area contributed by atoms with Crippen molar-refractivity contribution in [3.63, 3.8) is 0 Å². The van der Waals surface area contributed by atoms with E-state index >= 15 is 0 Å². The van der Waals surface area contributed by atoms with Gasteiger partial charge in [0.05, 0.1) is 19.7 Å². The van der Waals surface area contributed by atoms with Gasteiger partial charge in [0.15, 0.2) is 5.96 Å². The summed E-state index contributed by atoms with van der Waals surface area (Å²) in [6.07, 6.45) is 6.15. The number of methoxy groups -OCH3 is 1. The number of nitrogens with zero attached hydrogens (tertiary/aromatic N) is 3. The predicted molar refractivity (Wildman–Crippen MR) is 123 cm³/mol. The lowest BCUT2D eigenvalue weighted by atomic mass is 9.96. The maximum atomic E-state index is 5.50. The zero-order chi connectivity index (χ0) is 21.2. The van der Waals surface area contributed by atoms with E-state index in [0.29, 0.717) is 6.04 Å². The molecule has 0 radical (unpaired) electrons. The molecule has 0 spiro atoms. The van der Waals surface area contributed by atoms with E-state index in [-0.39, 0.29) is 0 Å². The molecular formula is C24H40N4O2. The Morgan fingerprint density at radius 3 is 2.57 bits per heavy atom. The topological polar surface area (TPSA) is 49.3 Å². The van der Waals surface area contributed by atoms with Crippen LogP contribution in [0.3, 0.4) is 0 Å². The molecule has 0 aromatic heterocycles. The van der Waals surface area contributed by atoms with Gasteiger partial charge >= 0.3 is 0 Å². The van der Waals surface area contributed by atoms with E-state index in [2.05, 4.69) is 53.4 Å². The number of nitrogens with one attached hydrogen (secondary N) is 1. The summed E-state index contributed by atoms with van der Waals surface area (Å²) in [6, 6.07) is 8.83. The smallest absolute Gasteiger partial charge is 0.193 e. The van der Waals surface area contributed by atoms with Gasteiger partial charge in [-0.3, -0.25) is 9.89 Å². The second-order valence-electron chi connectivity index (χ2n) is 8.49. The van der Waals surface area contributed by atoms with Crippen molar-refractivity contribution in [2.24, 2.45) is 10.9 Å². The first-order valence-electron chi connectivity index (χ1n) is 11.7. The fourth-order valence-electron chi connectivity index (χ4n) is 4.47. The Bertz CT molecular complexity index is 637. The first-order chi connectivity index (χ1) is 14.7. The fourth-order valence-corrected chi connectivity index (χ4v) is 4.47. The molecule has 0 amide bonds. The highest BCUT2D eigenvalue weighted by Crippen LogP contribution is 2.27. The molecule has 1 aromatic carbocycles. The lowest BCUT2D eigenvalue weighted by molar-refractivity contribution is 0.0625. The molecule has 0 saturated carbocycles. The van der Waals surface area contributed by atoms with Gasteiger partial charge in [-0.2, -0.15) is 0 Å². The Morgan fingerprint density at radius 2 is 1.93 bits per heavy atom. The van der Waals surface area contributed by atoms with Gasteiger partial charge in [-0.1, -0.05) is 12.1 Å². The molecular weight excluding hydrogens is 376 g/mol. The largest absolute Gasteiger partial charge is 0.497 e. The zero-order valence-electron chi connectivity index (χ0n) is 19.1. The highest BCUT2D eigenvalue weighted by Gasteiger charge is 2.24. The molecule has 1 unspecified atom stereocenters. The van der Waals surface area contributed by atoms with Crippen LogP contribution in [0.4, 0.5) is 0 Å². The number of hydrogen-bond acceptors (Lipinski definition) is 4. The molecule has 1 N–H and O–H groups in total. The van der Waals surface area contributed by atoms with Crippen LogP contribution < -0.4 is 10.1 Å². The van der Waals surface area contributed by atoms with Gasteiger partial charge in [-0.15, -0.1) is 0 Å². The number of aliphatic imine (C=N–C) groups is 1. The van der Waals surface area contributed by atoms with Crippen LogP contribution >= 0.6 is 0 Å². The Morgan fingerprint density at radius 1 is 1.23 bits per heavy atom. The van der Waals surface area contributed by atoms with Crippen molar-refractivity contribution in [1.82, 2.24) is 15.1 Å². The molecule has 3 rings (SSSR count). The van der Waals surface area contributed by atoms with Gasteiger partial charge in [0.1, 0.15) is 5.75 Å². The van der Waals surface area contributed by atoms with Crippen molar-refractivity contribution >= 4 is 5.96 Å². The minimum absolute atomic E-state index is 0.316. The maximum absolute atomic E-state index is 5.50. The molecule has 6 heteroatoms. The lowest BCUT2D eigenvalue weighted by Gasteiger charge is -2.29. The Hall–Kier alpha value is -1.79. The molecule has 0 aliphatic carbocycles. The third-order valence-electron chi connectivity index (χ3n) is 6.41. The summed E-state index contributed by atoms with van der Waals surface area (Å²) < 4.78 is 10.8. The van der Waals surface area contributed by atoms with Gasteiger partial charge in [0.25, 0.3) is 0 Å². The number of likely N-dealkylation sites (tertiary alicyclic amines) is 1. The molecule has 2 heterocycles. The molecule has 0 bridgehead atoms.